The van der Waals surface area contributed by atoms with Gasteiger partial charge in [-0.25, -0.2) is 4.79 Å². The lowest BCUT2D eigenvalue weighted by molar-refractivity contribution is -0.125. The van der Waals surface area contributed by atoms with E-state index >= 15 is 0 Å². The fourth-order valence-corrected chi connectivity index (χ4v) is 4.57. The molecule has 3 rings (SSSR count). The molecule has 1 saturated heterocycles. The lowest BCUT2D eigenvalue weighted by atomic mass is 10.1. The number of hydrogen-bond donors (Lipinski definition) is 1. The van der Waals surface area contributed by atoms with Crippen molar-refractivity contribution in [3.8, 4) is 0 Å². The SMILES string of the molecule is CC(C)[C@@H](C)NC(=O)COC(=O)c1ccc2c(c1)S(=O)(=O)N=C1CCCCCN12. The second kappa shape index (κ2) is 8.52. The molecule has 1 amide bonds. The van der Waals surface area contributed by atoms with Crippen LogP contribution in [0.4, 0.5) is 5.69 Å². The lowest BCUT2D eigenvalue weighted by Gasteiger charge is -2.29. The monoisotopic (exact) mass is 421 g/mol. The fraction of sp³-hybridized carbons (Fsp3) is 0.550. The Morgan fingerprint density at radius 1 is 1.21 bits per heavy atom. The maximum absolute atomic E-state index is 12.6. The standard InChI is InChI=1S/C20H27N3O5S/c1-13(2)14(3)21-19(24)12-28-20(25)15-8-9-16-17(11-15)29(26,27)22-18-7-5-4-6-10-23(16)18/h8-9,11,13-14H,4-7,10,12H2,1-3H3,(H,21,24)/t14-/m1/s1. The molecule has 2 aliphatic heterocycles. The summed E-state index contributed by atoms with van der Waals surface area (Å²) in [5, 5.41) is 2.75. The van der Waals surface area contributed by atoms with E-state index in [9.17, 15) is 18.0 Å². The molecular formula is C20H27N3O5S. The Kier molecular flexibility index (Phi) is 6.26. The average Bonchev–Trinajstić information content (AvgIpc) is 2.90. The number of amides is 1. The van der Waals surface area contributed by atoms with Crippen LogP contribution in [0.5, 0.6) is 0 Å². The van der Waals surface area contributed by atoms with Gasteiger partial charge in [0.15, 0.2) is 6.61 Å². The number of esters is 1. The molecule has 0 aliphatic carbocycles. The highest BCUT2D eigenvalue weighted by Gasteiger charge is 2.32. The zero-order chi connectivity index (χ0) is 21.2. The first-order valence-electron chi connectivity index (χ1n) is 9.91. The third-order valence-corrected chi connectivity index (χ3v) is 6.64. The zero-order valence-electron chi connectivity index (χ0n) is 17.0. The summed E-state index contributed by atoms with van der Waals surface area (Å²) in [6.07, 6.45) is 3.49. The molecule has 0 aromatic heterocycles. The molecule has 1 atom stereocenters. The van der Waals surface area contributed by atoms with Gasteiger partial charge in [0, 0.05) is 19.0 Å². The van der Waals surface area contributed by atoms with E-state index in [0.29, 0.717) is 24.5 Å². The van der Waals surface area contributed by atoms with Crippen molar-refractivity contribution >= 4 is 33.4 Å². The number of fused-ring (bicyclic) bond motifs is 3. The van der Waals surface area contributed by atoms with Crippen LogP contribution in [0.25, 0.3) is 0 Å². The van der Waals surface area contributed by atoms with Crippen LogP contribution < -0.4 is 10.2 Å². The number of benzene rings is 1. The van der Waals surface area contributed by atoms with E-state index in [1.807, 2.05) is 25.7 Å². The molecule has 2 heterocycles. The Balaban J connectivity index is 1.76. The minimum Gasteiger partial charge on any atom is -0.452 e. The number of carbonyl (C=O) groups is 2. The first-order valence-corrected chi connectivity index (χ1v) is 11.3. The predicted molar refractivity (Wildman–Crippen MR) is 110 cm³/mol. The molecule has 1 fully saturated rings. The van der Waals surface area contributed by atoms with Crippen LogP contribution in [0, 0.1) is 5.92 Å². The van der Waals surface area contributed by atoms with Gasteiger partial charge < -0.3 is 15.0 Å². The van der Waals surface area contributed by atoms with Crippen molar-refractivity contribution < 1.29 is 22.7 Å². The summed E-state index contributed by atoms with van der Waals surface area (Å²) in [6.45, 7) is 6.09. The number of carbonyl (C=O) groups excluding carboxylic acids is 2. The average molecular weight is 422 g/mol. The Bertz CT molecular complexity index is 939. The van der Waals surface area contributed by atoms with Gasteiger partial charge in [-0.15, -0.1) is 4.40 Å². The summed E-state index contributed by atoms with van der Waals surface area (Å²) in [5.74, 6) is -0.337. The number of sulfonamides is 1. The van der Waals surface area contributed by atoms with E-state index in [4.69, 9.17) is 4.74 Å². The number of ether oxygens (including phenoxy) is 1. The fourth-order valence-electron chi connectivity index (χ4n) is 3.28. The lowest BCUT2D eigenvalue weighted by Crippen LogP contribution is -2.38. The van der Waals surface area contributed by atoms with E-state index in [-0.39, 0.29) is 22.4 Å². The minimum absolute atomic E-state index is 0.00418. The predicted octanol–water partition coefficient (Wildman–Crippen LogP) is 2.49. The van der Waals surface area contributed by atoms with Crippen LogP contribution in [0.1, 0.15) is 56.8 Å². The van der Waals surface area contributed by atoms with Gasteiger partial charge in [0.25, 0.3) is 15.9 Å². The van der Waals surface area contributed by atoms with Gasteiger partial charge in [0.2, 0.25) is 0 Å². The van der Waals surface area contributed by atoms with Gasteiger partial charge in [-0.2, -0.15) is 8.42 Å². The van der Waals surface area contributed by atoms with Crippen LogP contribution in [0.3, 0.4) is 0 Å². The van der Waals surface area contributed by atoms with E-state index in [1.54, 1.807) is 6.07 Å². The molecule has 0 radical (unpaired) electrons. The number of amidine groups is 1. The normalized spacial score (nSPS) is 18.8. The van der Waals surface area contributed by atoms with Gasteiger partial charge in [-0.05, 0) is 43.9 Å². The highest BCUT2D eigenvalue weighted by Crippen LogP contribution is 2.35. The van der Waals surface area contributed by atoms with Crippen LogP contribution in [-0.4, -0.2) is 45.3 Å². The maximum Gasteiger partial charge on any atom is 0.338 e. The molecule has 8 nitrogen and oxygen atoms in total. The van der Waals surface area contributed by atoms with Crippen molar-refractivity contribution in [2.45, 2.75) is 57.4 Å². The molecular weight excluding hydrogens is 394 g/mol. The molecule has 0 unspecified atom stereocenters. The van der Waals surface area contributed by atoms with E-state index < -0.39 is 28.5 Å². The molecule has 2 aliphatic rings. The van der Waals surface area contributed by atoms with Crippen molar-refractivity contribution in [2.24, 2.45) is 10.3 Å². The molecule has 1 aromatic carbocycles. The van der Waals surface area contributed by atoms with Crippen molar-refractivity contribution in [1.29, 1.82) is 0 Å². The number of nitrogens with zero attached hydrogens (tertiary/aromatic N) is 2. The maximum atomic E-state index is 12.6. The first kappa shape index (κ1) is 21.3. The Morgan fingerprint density at radius 3 is 2.69 bits per heavy atom. The third kappa shape index (κ3) is 4.77. The molecule has 1 N–H and O–H groups in total. The molecule has 29 heavy (non-hydrogen) atoms. The van der Waals surface area contributed by atoms with Crippen LogP contribution in [0.15, 0.2) is 27.5 Å². The summed E-state index contributed by atoms with van der Waals surface area (Å²) in [6, 6.07) is 4.38. The molecule has 0 spiro atoms. The van der Waals surface area contributed by atoms with Crippen molar-refractivity contribution in [2.75, 3.05) is 18.1 Å². The van der Waals surface area contributed by atoms with Gasteiger partial charge in [0.1, 0.15) is 10.7 Å². The number of anilines is 1. The van der Waals surface area contributed by atoms with Crippen LogP contribution >= 0.6 is 0 Å². The molecule has 0 saturated carbocycles. The van der Waals surface area contributed by atoms with E-state index in [1.165, 1.54) is 12.1 Å². The van der Waals surface area contributed by atoms with E-state index in [0.717, 1.165) is 19.3 Å². The Labute approximate surface area is 171 Å². The van der Waals surface area contributed by atoms with Crippen LogP contribution in [-0.2, 0) is 19.6 Å². The number of hydrogen-bond acceptors (Lipinski definition) is 6. The largest absolute Gasteiger partial charge is 0.452 e. The highest BCUT2D eigenvalue weighted by atomic mass is 32.2. The highest BCUT2D eigenvalue weighted by molar-refractivity contribution is 7.90. The summed E-state index contributed by atoms with van der Waals surface area (Å²) < 4.78 is 34.3. The minimum atomic E-state index is -3.88. The molecule has 158 valence electrons. The van der Waals surface area contributed by atoms with Gasteiger partial charge in [-0.3, -0.25) is 4.79 Å². The Morgan fingerprint density at radius 2 is 1.97 bits per heavy atom. The topological polar surface area (TPSA) is 105 Å². The van der Waals surface area contributed by atoms with Gasteiger partial charge in [0.05, 0.1) is 11.3 Å². The first-order chi connectivity index (χ1) is 13.7. The van der Waals surface area contributed by atoms with Crippen molar-refractivity contribution in [1.82, 2.24) is 5.32 Å². The summed E-state index contributed by atoms with van der Waals surface area (Å²) >= 11 is 0. The Hall–Kier alpha value is -2.42. The van der Waals surface area contributed by atoms with Crippen LogP contribution in [0.2, 0.25) is 0 Å². The van der Waals surface area contributed by atoms with Gasteiger partial charge in [-0.1, -0.05) is 20.3 Å². The molecule has 0 bridgehead atoms. The molecule has 9 heteroatoms. The van der Waals surface area contributed by atoms with E-state index in [2.05, 4.69) is 9.71 Å². The van der Waals surface area contributed by atoms with Gasteiger partial charge >= 0.3 is 5.97 Å². The quantitative estimate of drug-likeness (QED) is 0.733. The summed E-state index contributed by atoms with van der Waals surface area (Å²) in [5.41, 5.74) is 0.613. The third-order valence-electron chi connectivity index (χ3n) is 5.31. The second-order valence-electron chi connectivity index (χ2n) is 7.80. The summed E-state index contributed by atoms with van der Waals surface area (Å²) in [4.78, 5) is 26.2. The smallest absolute Gasteiger partial charge is 0.338 e. The van der Waals surface area contributed by atoms with Crippen molar-refractivity contribution in [3.05, 3.63) is 23.8 Å². The molecule has 1 aromatic rings. The number of rotatable bonds is 5. The zero-order valence-corrected chi connectivity index (χ0v) is 17.8. The summed E-state index contributed by atoms with van der Waals surface area (Å²) in [7, 11) is -3.88. The number of nitrogens with one attached hydrogen (secondary N) is 1. The second-order valence-corrected chi connectivity index (χ2v) is 9.38. The van der Waals surface area contributed by atoms with Crippen molar-refractivity contribution in [3.63, 3.8) is 0 Å².